The second-order valence-electron chi connectivity index (χ2n) is 20.8. The molecule has 0 spiro atoms. The molecule has 0 aliphatic rings. The smallest absolute Gasteiger partial charge is 0.220 e. The van der Waals surface area contributed by atoms with Crippen LogP contribution in [0.4, 0.5) is 0 Å². The van der Waals surface area contributed by atoms with Crippen LogP contribution in [0.2, 0.25) is 0 Å². The van der Waals surface area contributed by atoms with Crippen molar-refractivity contribution in [1.29, 1.82) is 0 Å². The van der Waals surface area contributed by atoms with E-state index in [-0.39, 0.29) is 12.5 Å². The molecule has 382 valence electrons. The maximum atomic E-state index is 12.5. The molecule has 0 rings (SSSR count). The number of carbonyl (C=O) groups excluding carboxylic acids is 1. The Hall–Kier alpha value is -0.870. The lowest BCUT2D eigenvalue weighted by atomic mass is 10.0. The van der Waals surface area contributed by atoms with Gasteiger partial charge in [0.05, 0.1) is 18.8 Å². The monoisotopic (exact) mass is 902 g/mol. The van der Waals surface area contributed by atoms with Crippen molar-refractivity contribution in [3.8, 4) is 0 Å². The number of aliphatic hydroxyl groups is 2. The Balaban J connectivity index is 3.43. The van der Waals surface area contributed by atoms with Crippen molar-refractivity contribution >= 4 is 5.91 Å². The minimum atomic E-state index is -0.836. The molecule has 0 aliphatic heterocycles. The Morgan fingerprint density at radius 1 is 0.359 bits per heavy atom. The first-order chi connectivity index (χ1) is 31.7. The highest BCUT2D eigenvalue weighted by molar-refractivity contribution is 5.76. The van der Waals surface area contributed by atoms with E-state index in [1.165, 1.54) is 302 Å². The topological polar surface area (TPSA) is 69.6 Å². The molecule has 0 saturated carbocycles. The molecule has 64 heavy (non-hydrogen) atoms. The fraction of sp³-hybridized carbons (Fsp3) is 0.950. The summed E-state index contributed by atoms with van der Waals surface area (Å²) in [7, 11) is 0. The third-order valence-corrected chi connectivity index (χ3v) is 14.3. The maximum Gasteiger partial charge on any atom is 0.220 e. The van der Waals surface area contributed by atoms with Gasteiger partial charge in [-0.1, -0.05) is 334 Å². The molecule has 4 heteroatoms. The molecule has 2 atom stereocenters. The zero-order chi connectivity index (χ0) is 46.3. The molecule has 0 radical (unpaired) electrons. The zero-order valence-electron chi connectivity index (χ0n) is 44.1. The number of carbonyl (C=O) groups is 1. The van der Waals surface area contributed by atoms with Gasteiger partial charge in [0.1, 0.15) is 0 Å². The summed E-state index contributed by atoms with van der Waals surface area (Å²) in [5.41, 5.74) is 0. The first-order valence-electron chi connectivity index (χ1n) is 29.9. The highest BCUT2D eigenvalue weighted by Gasteiger charge is 2.18. The van der Waals surface area contributed by atoms with Gasteiger partial charge in [-0.3, -0.25) is 4.79 Å². The molecule has 4 nitrogen and oxygen atoms in total. The normalized spacial score (nSPS) is 12.8. The van der Waals surface area contributed by atoms with Crippen LogP contribution in [0.25, 0.3) is 0 Å². The van der Waals surface area contributed by atoms with Gasteiger partial charge in [-0.05, 0) is 19.3 Å². The molecule has 0 saturated heterocycles. The van der Waals surface area contributed by atoms with E-state index in [9.17, 15) is 15.0 Å². The molecule has 2 unspecified atom stereocenters. The van der Waals surface area contributed by atoms with Gasteiger partial charge in [0.15, 0.2) is 0 Å². The van der Waals surface area contributed by atoms with E-state index in [2.05, 4.69) is 19.2 Å². The van der Waals surface area contributed by atoms with Crippen LogP contribution in [0.5, 0.6) is 0 Å². The van der Waals surface area contributed by atoms with E-state index in [0.29, 0.717) is 6.42 Å². The van der Waals surface area contributed by atoms with Gasteiger partial charge in [0, 0.05) is 6.42 Å². The number of hydrogen-bond acceptors (Lipinski definition) is 3. The van der Waals surface area contributed by atoms with E-state index in [4.69, 9.17) is 0 Å². The molecule has 0 fully saturated rings. The van der Waals surface area contributed by atoms with Gasteiger partial charge in [0.2, 0.25) is 5.91 Å². The first kappa shape index (κ1) is 63.1. The minimum absolute atomic E-state index is 0.0552. The van der Waals surface area contributed by atoms with Crippen LogP contribution in [0.1, 0.15) is 348 Å². The predicted octanol–water partition coefficient (Wildman–Crippen LogP) is 19.7. The molecule has 0 aliphatic carbocycles. The number of amides is 1. The first-order valence-corrected chi connectivity index (χ1v) is 29.9. The number of aliphatic hydroxyl groups excluding tert-OH is 2. The van der Waals surface area contributed by atoms with Crippen molar-refractivity contribution in [1.82, 2.24) is 5.32 Å². The van der Waals surface area contributed by atoms with E-state index in [1.807, 2.05) is 6.08 Å². The second kappa shape index (κ2) is 56.5. The lowest BCUT2D eigenvalue weighted by Crippen LogP contribution is -2.45. The summed E-state index contributed by atoms with van der Waals surface area (Å²) in [6, 6.07) is -0.618. The minimum Gasteiger partial charge on any atom is -0.394 e. The molecule has 0 heterocycles. The van der Waals surface area contributed by atoms with Gasteiger partial charge in [-0.25, -0.2) is 0 Å². The largest absolute Gasteiger partial charge is 0.394 e. The van der Waals surface area contributed by atoms with Crippen LogP contribution < -0.4 is 5.32 Å². The van der Waals surface area contributed by atoms with Crippen LogP contribution in [-0.4, -0.2) is 34.9 Å². The van der Waals surface area contributed by atoms with Crippen LogP contribution >= 0.6 is 0 Å². The molecule has 0 aromatic rings. The summed E-state index contributed by atoms with van der Waals surface area (Å²) < 4.78 is 0. The molecular weight excluding hydrogens is 783 g/mol. The quantitative estimate of drug-likeness (QED) is 0.0421. The Kier molecular flexibility index (Phi) is 55.7. The lowest BCUT2D eigenvalue weighted by Gasteiger charge is -2.20. The summed E-state index contributed by atoms with van der Waals surface area (Å²) >= 11 is 0. The van der Waals surface area contributed by atoms with Crippen molar-refractivity contribution < 1.29 is 15.0 Å². The lowest BCUT2D eigenvalue weighted by molar-refractivity contribution is -0.123. The summed E-state index contributed by atoms with van der Waals surface area (Å²) in [6.07, 6.45) is 74.0. The molecule has 0 aromatic carbocycles. The van der Waals surface area contributed by atoms with E-state index >= 15 is 0 Å². The second-order valence-corrected chi connectivity index (χ2v) is 20.8. The van der Waals surface area contributed by atoms with Crippen molar-refractivity contribution in [2.75, 3.05) is 6.61 Å². The van der Waals surface area contributed by atoms with Gasteiger partial charge in [-0.2, -0.15) is 0 Å². The SMILES string of the molecule is CCCCCCCCCCCCCCCCCCCCCCCCCCCCCC/C=C/C(O)C(CO)NC(=O)CCCCCCCCCCCCCCCCCCCCCCCC. The van der Waals surface area contributed by atoms with Crippen LogP contribution in [0, 0.1) is 0 Å². The van der Waals surface area contributed by atoms with Crippen LogP contribution in [0.3, 0.4) is 0 Å². The predicted molar refractivity (Wildman–Crippen MR) is 286 cm³/mol. The van der Waals surface area contributed by atoms with Gasteiger partial charge in [-0.15, -0.1) is 0 Å². The van der Waals surface area contributed by atoms with Crippen molar-refractivity contribution in [2.24, 2.45) is 0 Å². The average molecular weight is 903 g/mol. The third kappa shape index (κ3) is 52.1. The number of rotatable bonds is 56. The van der Waals surface area contributed by atoms with Crippen molar-refractivity contribution in [3.05, 3.63) is 12.2 Å². The Bertz CT molecular complexity index is 890. The number of allylic oxidation sites excluding steroid dienone is 1. The fourth-order valence-corrected chi connectivity index (χ4v) is 9.71. The summed E-state index contributed by atoms with van der Waals surface area (Å²) in [5, 5.41) is 23.2. The van der Waals surface area contributed by atoms with Crippen LogP contribution in [-0.2, 0) is 4.79 Å². The van der Waals surface area contributed by atoms with Gasteiger partial charge >= 0.3 is 0 Å². The van der Waals surface area contributed by atoms with Crippen LogP contribution in [0.15, 0.2) is 12.2 Å². The Labute approximate surface area is 403 Å². The number of unbranched alkanes of at least 4 members (excludes halogenated alkanes) is 49. The molecule has 3 N–H and O–H groups in total. The molecule has 1 amide bonds. The molecule has 0 bridgehead atoms. The average Bonchev–Trinajstić information content (AvgIpc) is 3.30. The maximum absolute atomic E-state index is 12.5. The van der Waals surface area contributed by atoms with Crippen molar-refractivity contribution in [2.45, 2.75) is 360 Å². The van der Waals surface area contributed by atoms with E-state index < -0.39 is 12.1 Å². The zero-order valence-corrected chi connectivity index (χ0v) is 44.1. The van der Waals surface area contributed by atoms with E-state index in [1.54, 1.807) is 6.08 Å². The number of nitrogens with one attached hydrogen (secondary N) is 1. The number of hydrogen-bond donors (Lipinski definition) is 3. The Morgan fingerprint density at radius 3 is 0.812 bits per heavy atom. The summed E-state index contributed by atoms with van der Waals surface area (Å²) in [5.74, 6) is -0.0552. The summed E-state index contributed by atoms with van der Waals surface area (Å²) in [4.78, 5) is 12.5. The Morgan fingerprint density at radius 2 is 0.578 bits per heavy atom. The van der Waals surface area contributed by atoms with Gasteiger partial charge < -0.3 is 15.5 Å². The highest BCUT2D eigenvalue weighted by Crippen LogP contribution is 2.18. The van der Waals surface area contributed by atoms with E-state index in [0.717, 1.165) is 25.7 Å². The highest BCUT2D eigenvalue weighted by atomic mass is 16.3. The molecule has 0 aromatic heterocycles. The molecular formula is C60H119NO3. The van der Waals surface area contributed by atoms with Gasteiger partial charge in [0.25, 0.3) is 0 Å². The summed E-state index contributed by atoms with van der Waals surface area (Å²) in [6.45, 7) is 4.36. The standard InChI is InChI=1S/C60H119NO3/c1-3-5-7-9-11-13-15-17-19-21-23-25-27-28-29-30-31-32-33-34-35-37-39-41-43-45-47-49-51-53-55-59(63)58(57-62)61-60(64)56-54-52-50-48-46-44-42-40-38-36-26-24-22-20-18-16-14-12-10-8-6-4-2/h53,55,58-59,62-63H,3-52,54,56-57H2,1-2H3,(H,61,64)/b55-53+. The van der Waals surface area contributed by atoms with Crippen molar-refractivity contribution in [3.63, 3.8) is 0 Å². The fourth-order valence-electron chi connectivity index (χ4n) is 9.71. The third-order valence-electron chi connectivity index (χ3n) is 14.3.